The Morgan fingerprint density at radius 2 is 1.70 bits per heavy atom. The third-order valence-corrected chi connectivity index (χ3v) is 5.97. The zero-order valence-corrected chi connectivity index (χ0v) is 17.6. The predicted molar refractivity (Wildman–Crippen MR) is 121 cm³/mol. The maximum absolute atomic E-state index is 9.59. The van der Waals surface area contributed by atoms with Crippen molar-refractivity contribution in [3.8, 4) is 5.69 Å². The van der Waals surface area contributed by atoms with Gasteiger partial charge in [0.25, 0.3) is 0 Å². The number of para-hydroxylation sites is 1. The standard InChI is InChI=1S/C25H32N4O/c30-17-13-25-21-27(15-16-28(25)14-7-10-22-8-3-1-4-9-22)19-23-18-26-29(20-23)24-11-5-2-6-12-24/h1-6,8-9,11-12,18,20,25,30H,7,10,13-17,19,21H2/t25-/m1/s1. The Bertz CT molecular complexity index is 880. The highest BCUT2D eigenvalue weighted by Gasteiger charge is 2.26. The molecule has 1 N–H and O–H groups in total. The second kappa shape index (κ2) is 10.5. The van der Waals surface area contributed by atoms with E-state index in [4.69, 9.17) is 0 Å². The molecule has 2 heterocycles. The summed E-state index contributed by atoms with van der Waals surface area (Å²) in [7, 11) is 0. The van der Waals surface area contributed by atoms with Gasteiger partial charge in [-0.1, -0.05) is 48.5 Å². The van der Waals surface area contributed by atoms with Crippen molar-refractivity contribution in [2.75, 3.05) is 32.8 Å². The van der Waals surface area contributed by atoms with Crippen LogP contribution >= 0.6 is 0 Å². The molecule has 1 aliphatic rings. The van der Waals surface area contributed by atoms with E-state index in [0.29, 0.717) is 6.04 Å². The number of rotatable bonds is 9. The molecular formula is C25H32N4O. The summed E-state index contributed by atoms with van der Waals surface area (Å²) < 4.78 is 1.94. The molecular weight excluding hydrogens is 372 g/mol. The normalized spacial score (nSPS) is 18.0. The highest BCUT2D eigenvalue weighted by molar-refractivity contribution is 5.30. The van der Waals surface area contributed by atoms with E-state index in [0.717, 1.165) is 57.7 Å². The Labute approximate surface area is 179 Å². The summed E-state index contributed by atoms with van der Waals surface area (Å²) in [6.45, 7) is 5.38. The first-order valence-electron chi connectivity index (χ1n) is 11.0. The number of hydrogen-bond donors (Lipinski definition) is 1. The first-order chi connectivity index (χ1) is 14.8. The zero-order chi connectivity index (χ0) is 20.6. The van der Waals surface area contributed by atoms with Crippen LogP contribution in [0.5, 0.6) is 0 Å². The van der Waals surface area contributed by atoms with Crippen LogP contribution in [0.1, 0.15) is 24.0 Å². The zero-order valence-electron chi connectivity index (χ0n) is 17.6. The molecule has 0 bridgehead atoms. The molecule has 2 aromatic carbocycles. The minimum atomic E-state index is 0.250. The Morgan fingerprint density at radius 3 is 2.47 bits per heavy atom. The maximum atomic E-state index is 9.59. The van der Waals surface area contributed by atoms with Crippen molar-refractivity contribution in [3.05, 3.63) is 84.2 Å². The second-order valence-corrected chi connectivity index (χ2v) is 8.16. The minimum absolute atomic E-state index is 0.250. The molecule has 3 aromatic rings. The third-order valence-electron chi connectivity index (χ3n) is 5.97. The van der Waals surface area contributed by atoms with Crippen molar-refractivity contribution < 1.29 is 5.11 Å². The Balaban J connectivity index is 1.30. The fraction of sp³-hybridized carbons (Fsp3) is 0.400. The van der Waals surface area contributed by atoms with Crippen molar-refractivity contribution >= 4 is 0 Å². The van der Waals surface area contributed by atoms with Gasteiger partial charge < -0.3 is 5.11 Å². The highest BCUT2D eigenvalue weighted by atomic mass is 16.3. The van der Waals surface area contributed by atoms with Crippen molar-refractivity contribution in [3.63, 3.8) is 0 Å². The van der Waals surface area contributed by atoms with Gasteiger partial charge in [0.15, 0.2) is 0 Å². The summed E-state index contributed by atoms with van der Waals surface area (Å²) >= 11 is 0. The molecule has 0 radical (unpaired) electrons. The smallest absolute Gasteiger partial charge is 0.0645 e. The van der Waals surface area contributed by atoms with Gasteiger partial charge in [-0.15, -0.1) is 0 Å². The molecule has 4 rings (SSSR count). The number of nitrogens with zero attached hydrogens (tertiary/aromatic N) is 4. The van der Waals surface area contributed by atoms with Crippen molar-refractivity contribution in [1.82, 2.24) is 19.6 Å². The number of aryl methyl sites for hydroxylation is 1. The van der Waals surface area contributed by atoms with E-state index in [1.54, 1.807) is 0 Å². The average molecular weight is 405 g/mol. The molecule has 0 amide bonds. The van der Waals surface area contributed by atoms with Crippen molar-refractivity contribution in [1.29, 1.82) is 0 Å². The molecule has 0 aliphatic carbocycles. The molecule has 1 atom stereocenters. The molecule has 158 valence electrons. The molecule has 1 aromatic heterocycles. The van der Waals surface area contributed by atoms with Gasteiger partial charge in [-0.05, 0) is 43.5 Å². The van der Waals surface area contributed by atoms with E-state index in [2.05, 4.69) is 63.6 Å². The summed E-state index contributed by atoms with van der Waals surface area (Å²) in [4.78, 5) is 5.07. The van der Waals surface area contributed by atoms with Crippen LogP contribution < -0.4 is 0 Å². The van der Waals surface area contributed by atoms with E-state index < -0.39 is 0 Å². The highest BCUT2D eigenvalue weighted by Crippen LogP contribution is 2.17. The van der Waals surface area contributed by atoms with Gasteiger partial charge in [0.2, 0.25) is 0 Å². The third kappa shape index (κ3) is 5.57. The SMILES string of the molecule is OCC[C@@H]1CN(Cc2cnn(-c3ccccc3)c2)CCN1CCCc1ccccc1. The number of benzene rings is 2. The molecule has 0 unspecified atom stereocenters. The quantitative estimate of drug-likeness (QED) is 0.594. The lowest BCUT2D eigenvalue weighted by molar-refractivity contribution is 0.0547. The van der Waals surface area contributed by atoms with Crippen LogP contribution in [0.4, 0.5) is 0 Å². The molecule has 5 heteroatoms. The lowest BCUT2D eigenvalue weighted by Gasteiger charge is -2.41. The van der Waals surface area contributed by atoms with Gasteiger partial charge in [-0.3, -0.25) is 9.80 Å². The summed E-state index contributed by atoms with van der Waals surface area (Å²) in [5.41, 5.74) is 3.73. The van der Waals surface area contributed by atoms with Gasteiger partial charge in [-0.25, -0.2) is 4.68 Å². The molecule has 0 saturated carbocycles. The first-order valence-corrected chi connectivity index (χ1v) is 11.0. The molecule has 5 nitrogen and oxygen atoms in total. The molecule has 1 fully saturated rings. The van der Waals surface area contributed by atoms with Crippen LogP contribution in [0.3, 0.4) is 0 Å². The van der Waals surface area contributed by atoms with Gasteiger partial charge in [-0.2, -0.15) is 5.10 Å². The number of hydrogen-bond acceptors (Lipinski definition) is 4. The summed E-state index contributed by atoms with van der Waals surface area (Å²) in [5.74, 6) is 0. The number of aliphatic hydroxyl groups is 1. The van der Waals surface area contributed by atoms with E-state index in [9.17, 15) is 5.11 Å². The van der Waals surface area contributed by atoms with E-state index >= 15 is 0 Å². The fourth-order valence-corrected chi connectivity index (χ4v) is 4.37. The van der Waals surface area contributed by atoms with Gasteiger partial charge in [0, 0.05) is 50.6 Å². The molecule has 1 aliphatic heterocycles. The van der Waals surface area contributed by atoms with Gasteiger partial charge in [0.1, 0.15) is 0 Å². The van der Waals surface area contributed by atoms with Crippen LogP contribution in [0.15, 0.2) is 73.1 Å². The van der Waals surface area contributed by atoms with Gasteiger partial charge in [0.05, 0.1) is 11.9 Å². The Kier molecular flexibility index (Phi) is 7.29. The van der Waals surface area contributed by atoms with Crippen molar-refractivity contribution in [2.45, 2.75) is 31.8 Å². The molecule has 30 heavy (non-hydrogen) atoms. The summed E-state index contributed by atoms with van der Waals surface area (Å²) in [6, 6.07) is 21.4. The van der Waals surface area contributed by atoms with Crippen LogP contribution in [-0.4, -0.2) is 63.5 Å². The fourth-order valence-electron chi connectivity index (χ4n) is 4.37. The van der Waals surface area contributed by atoms with Crippen LogP contribution in [0.2, 0.25) is 0 Å². The lowest BCUT2D eigenvalue weighted by Crippen LogP contribution is -2.53. The predicted octanol–water partition coefficient (Wildman–Crippen LogP) is 3.37. The minimum Gasteiger partial charge on any atom is -0.396 e. The van der Waals surface area contributed by atoms with Gasteiger partial charge >= 0.3 is 0 Å². The Hall–Kier alpha value is -2.47. The van der Waals surface area contributed by atoms with Crippen LogP contribution in [0, 0.1) is 0 Å². The topological polar surface area (TPSA) is 44.5 Å². The monoisotopic (exact) mass is 404 g/mol. The molecule has 0 spiro atoms. The van der Waals surface area contributed by atoms with Crippen molar-refractivity contribution in [2.24, 2.45) is 0 Å². The number of aromatic nitrogens is 2. The lowest BCUT2D eigenvalue weighted by atomic mass is 10.1. The summed E-state index contributed by atoms with van der Waals surface area (Å²) in [6.07, 6.45) is 7.22. The van der Waals surface area contributed by atoms with Crippen LogP contribution in [-0.2, 0) is 13.0 Å². The second-order valence-electron chi connectivity index (χ2n) is 8.16. The Morgan fingerprint density at radius 1 is 0.933 bits per heavy atom. The largest absolute Gasteiger partial charge is 0.396 e. The number of piperazine rings is 1. The van der Waals surface area contributed by atoms with E-state index in [1.165, 1.54) is 11.1 Å². The summed E-state index contributed by atoms with van der Waals surface area (Å²) in [5, 5.41) is 14.1. The van der Waals surface area contributed by atoms with Crippen LogP contribution in [0.25, 0.3) is 5.69 Å². The number of aliphatic hydroxyl groups excluding tert-OH is 1. The van der Waals surface area contributed by atoms with E-state index in [1.807, 2.05) is 29.1 Å². The molecule has 1 saturated heterocycles. The average Bonchev–Trinajstić information content (AvgIpc) is 3.25. The van der Waals surface area contributed by atoms with E-state index in [-0.39, 0.29) is 6.61 Å². The first kappa shape index (κ1) is 20.8. The maximum Gasteiger partial charge on any atom is 0.0645 e.